The van der Waals surface area contributed by atoms with Gasteiger partial charge in [0.2, 0.25) is 0 Å². The Labute approximate surface area is 116 Å². The van der Waals surface area contributed by atoms with Gasteiger partial charge in [0.1, 0.15) is 0 Å². The van der Waals surface area contributed by atoms with Crippen molar-refractivity contribution >= 4 is 15.9 Å². The van der Waals surface area contributed by atoms with Gasteiger partial charge >= 0.3 is 0 Å². The Morgan fingerprint density at radius 2 is 1.53 bits per heavy atom. The molecule has 0 aromatic carbocycles. The van der Waals surface area contributed by atoms with Gasteiger partial charge in [0, 0.05) is 11.9 Å². The summed E-state index contributed by atoms with van der Waals surface area (Å²) in [6.45, 7) is 4.07. The number of halogens is 1. The number of hydrogen-bond acceptors (Lipinski definition) is 1. The summed E-state index contributed by atoms with van der Waals surface area (Å²) >= 11 is 3.45. The van der Waals surface area contributed by atoms with E-state index in [1.807, 2.05) is 0 Å². The van der Waals surface area contributed by atoms with Gasteiger partial charge in [-0.1, -0.05) is 67.1 Å². The van der Waals surface area contributed by atoms with E-state index in [1.165, 1.54) is 51.4 Å². The van der Waals surface area contributed by atoms with Crippen LogP contribution in [0.4, 0.5) is 0 Å². The lowest BCUT2D eigenvalue weighted by Crippen LogP contribution is -1.95. The van der Waals surface area contributed by atoms with Gasteiger partial charge in [-0.2, -0.15) is 0 Å². The summed E-state index contributed by atoms with van der Waals surface area (Å²) in [5, 5.41) is 1.15. The second kappa shape index (κ2) is 16.2. The molecule has 0 saturated heterocycles. The van der Waals surface area contributed by atoms with Crippen LogP contribution in [-0.4, -0.2) is 18.5 Å². The third-order valence-corrected chi connectivity index (χ3v) is 3.30. The van der Waals surface area contributed by atoms with Crippen molar-refractivity contribution in [2.45, 2.75) is 64.7 Å². The van der Waals surface area contributed by atoms with E-state index in [-0.39, 0.29) is 0 Å². The lowest BCUT2D eigenvalue weighted by atomic mass is 10.2. The Hall–Kier alpha value is 0.180. The summed E-state index contributed by atoms with van der Waals surface area (Å²) in [6, 6.07) is 0. The monoisotopic (exact) mass is 304 g/mol. The number of hydrogen-bond donors (Lipinski definition) is 0. The van der Waals surface area contributed by atoms with Gasteiger partial charge in [-0.25, -0.2) is 0 Å². The summed E-state index contributed by atoms with van der Waals surface area (Å²) in [4.78, 5) is 0. The van der Waals surface area contributed by atoms with E-state index in [9.17, 15) is 0 Å². The van der Waals surface area contributed by atoms with E-state index in [1.54, 1.807) is 0 Å². The third-order valence-electron chi connectivity index (χ3n) is 2.74. The van der Waals surface area contributed by atoms with Crippen LogP contribution in [0.3, 0.4) is 0 Å². The van der Waals surface area contributed by atoms with Crippen LogP contribution in [0, 0.1) is 0 Å². The minimum Gasteiger partial charge on any atom is -0.381 e. The smallest absolute Gasteiger partial charge is 0.0500 e. The molecule has 2 heteroatoms. The highest BCUT2D eigenvalue weighted by Gasteiger charge is 1.90. The summed E-state index contributed by atoms with van der Waals surface area (Å²) in [6.07, 6.45) is 16.0. The average Bonchev–Trinajstić information content (AvgIpc) is 2.35. The predicted molar refractivity (Wildman–Crippen MR) is 81.0 cm³/mol. The molecule has 0 N–H and O–H groups in total. The molecular weight excluding hydrogens is 276 g/mol. The molecule has 17 heavy (non-hydrogen) atoms. The van der Waals surface area contributed by atoms with Crippen molar-refractivity contribution in [3.8, 4) is 0 Å². The quantitative estimate of drug-likeness (QED) is 0.248. The molecule has 0 amide bonds. The Kier molecular flexibility index (Phi) is 16.4. The van der Waals surface area contributed by atoms with E-state index >= 15 is 0 Å². The Morgan fingerprint density at radius 1 is 0.824 bits per heavy atom. The first-order chi connectivity index (χ1) is 8.41. The second-order valence-electron chi connectivity index (χ2n) is 4.47. The fourth-order valence-corrected chi connectivity index (χ4v) is 2.04. The van der Waals surface area contributed by atoms with Crippen molar-refractivity contribution in [3.05, 3.63) is 12.2 Å². The molecule has 0 spiro atoms. The molecule has 0 rings (SSSR count). The zero-order chi connectivity index (χ0) is 12.6. The van der Waals surface area contributed by atoms with Crippen molar-refractivity contribution < 1.29 is 4.74 Å². The summed E-state index contributed by atoms with van der Waals surface area (Å²) in [5.74, 6) is 0. The summed E-state index contributed by atoms with van der Waals surface area (Å²) in [7, 11) is 0. The van der Waals surface area contributed by atoms with Crippen molar-refractivity contribution in [2.75, 3.05) is 18.5 Å². The molecule has 0 unspecified atom stereocenters. The van der Waals surface area contributed by atoms with E-state index in [4.69, 9.17) is 4.74 Å². The first kappa shape index (κ1) is 17.2. The van der Waals surface area contributed by atoms with Crippen LogP contribution in [0.5, 0.6) is 0 Å². The molecule has 0 fully saturated rings. The molecular formula is C15H29BrO. The molecule has 0 heterocycles. The molecule has 0 saturated carbocycles. The lowest BCUT2D eigenvalue weighted by molar-refractivity contribution is 0.134. The minimum atomic E-state index is 0.893. The third kappa shape index (κ3) is 16.2. The van der Waals surface area contributed by atoms with Crippen molar-refractivity contribution in [1.29, 1.82) is 0 Å². The summed E-state index contributed by atoms with van der Waals surface area (Å²) < 4.78 is 5.59. The number of unbranched alkanes of at least 4 members (excludes halogenated alkanes) is 6. The van der Waals surface area contributed by atoms with Crippen molar-refractivity contribution in [1.82, 2.24) is 0 Å². The second-order valence-corrected chi connectivity index (χ2v) is 5.26. The molecule has 0 bridgehead atoms. The Balaban J connectivity index is 2.96. The molecule has 1 nitrogen and oxygen atoms in total. The normalized spacial score (nSPS) is 11.4. The van der Waals surface area contributed by atoms with Gasteiger partial charge in [-0.15, -0.1) is 0 Å². The highest BCUT2D eigenvalue weighted by atomic mass is 79.9. The van der Waals surface area contributed by atoms with E-state index in [0.29, 0.717) is 0 Å². The van der Waals surface area contributed by atoms with Crippen LogP contribution in [0.15, 0.2) is 12.2 Å². The van der Waals surface area contributed by atoms with Gasteiger partial charge in [0.15, 0.2) is 0 Å². The lowest BCUT2D eigenvalue weighted by Gasteiger charge is -2.02. The maximum absolute atomic E-state index is 5.59. The molecule has 0 aliphatic rings. The molecule has 102 valence electrons. The first-order valence-corrected chi connectivity index (χ1v) is 8.32. The standard InChI is InChI=1S/C15H29BrO/c1-2-3-4-5-8-11-14-17-15-12-9-6-7-10-13-16/h5,8H,2-4,6-7,9-15H2,1H3/b8-5-. The highest BCUT2D eigenvalue weighted by Crippen LogP contribution is 2.04. The largest absolute Gasteiger partial charge is 0.381 e. The van der Waals surface area contributed by atoms with Gasteiger partial charge in [-0.05, 0) is 25.7 Å². The zero-order valence-electron chi connectivity index (χ0n) is 11.4. The average molecular weight is 305 g/mol. The fourth-order valence-electron chi connectivity index (χ4n) is 1.64. The van der Waals surface area contributed by atoms with E-state index in [2.05, 4.69) is 35.0 Å². The number of rotatable bonds is 13. The van der Waals surface area contributed by atoms with E-state index < -0.39 is 0 Å². The fraction of sp³-hybridized carbons (Fsp3) is 0.867. The van der Waals surface area contributed by atoms with Crippen LogP contribution >= 0.6 is 15.9 Å². The molecule has 0 radical (unpaired) electrons. The molecule has 0 aromatic rings. The SMILES string of the molecule is CCCC/C=C\CCOCCCCCCCBr. The van der Waals surface area contributed by atoms with Crippen LogP contribution in [-0.2, 0) is 4.74 Å². The minimum absolute atomic E-state index is 0.893. The number of allylic oxidation sites excluding steroid dienone is 1. The predicted octanol–water partition coefficient (Wildman–Crippen LogP) is 5.48. The molecule has 0 aliphatic carbocycles. The van der Waals surface area contributed by atoms with Crippen molar-refractivity contribution in [3.63, 3.8) is 0 Å². The van der Waals surface area contributed by atoms with Crippen LogP contribution in [0.1, 0.15) is 64.7 Å². The van der Waals surface area contributed by atoms with Gasteiger partial charge in [0.05, 0.1) is 6.61 Å². The van der Waals surface area contributed by atoms with Gasteiger partial charge in [0.25, 0.3) is 0 Å². The van der Waals surface area contributed by atoms with Crippen LogP contribution in [0.2, 0.25) is 0 Å². The zero-order valence-corrected chi connectivity index (χ0v) is 13.0. The topological polar surface area (TPSA) is 9.23 Å². The Morgan fingerprint density at radius 3 is 2.29 bits per heavy atom. The summed E-state index contributed by atoms with van der Waals surface area (Å²) in [5.41, 5.74) is 0. The number of alkyl halides is 1. The maximum Gasteiger partial charge on any atom is 0.0500 e. The molecule has 0 atom stereocenters. The van der Waals surface area contributed by atoms with Crippen LogP contribution < -0.4 is 0 Å². The maximum atomic E-state index is 5.59. The van der Waals surface area contributed by atoms with Gasteiger partial charge in [-0.3, -0.25) is 0 Å². The van der Waals surface area contributed by atoms with Crippen LogP contribution in [0.25, 0.3) is 0 Å². The highest BCUT2D eigenvalue weighted by molar-refractivity contribution is 9.09. The Bertz CT molecular complexity index is 157. The molecule has 0 aromatic heterocycles. The first-order valence-electron chi connectivity index (χ1n) is 7.20. The molecule has 0 aliphatic heterocycles. The van der Waals surface area contributed by atoms with Crippen molar-refractivity contribution in [2.24, 2.45) is 0 Å². The van der Waals surface area contributed by atoms with Gasteiger partial charge < -0.3 is 4.74 Å². The van der Waals surface area contributed by atoms with E-state index in [0.717, 1.165) is 25.0 Å². The number of ether oxygens (including phenoxy) is 1.